The van der Waals surface area contributed by atoms with Crippen LogP contribution in [0.2, 0.25) is 0 Å². The van der Waals surface area contributed by atoms with Gasteiger partial charge in [0.25, 0.3) is 0 Å². The third-order valence-corrected chi connectivity index (χ3v) is 10.4. The molecule has 2 atom stereocenters. The lowest BCUT2D eigenvalue weighted by atomic mass is 10.1. The molecule has 8 N–H and O–H groups in total. The van der Waals surface area contributed by atoms with Crippen molar-refractivity contribution in [2.24, 2.45) is 11.5 Å². The van der Waals surface area contributed by atoms with E-state index in [4.69, 9.17) is 11.5 Å². The molecule has 2 saturated heterocycles. The Morgan fingerprint density at radius 1 is 0.634 bits per heavy atom. The van der Waals surface area contributed by atoms with E-state index in [0.29, 0.717) is 51.9 Å². The van der Waals surface area contributed by atoms with Crippen LogP contribution in [-0.4, -0.2) is 108 Å². The second kappa shape index (κ2) is 20.9. The second-order valence-electron chi connectivity index (χ2n) is 10.4. The van der Waals surface area contributed by atoms with Crippen LogP contribution < -0.4 is 32.7 Å². The minimum atomic E-state index is -0.322. The Bertz CT molecular complexity index is 758. The molecule has 0 aliphatic carbocycles. The van der Waals surface area contributed by atoms with Gasteiger partial charge in [0.2, 0.25) is 23.6 Å². The largest absolute Gasteiger partial charge is 0.368 e. The number of rotatable bonds is 26. The highest BCUT2D eigenvalue weighted by Gasteiger charge is 2.30. The molecule has 0 aromatic carbocycles. The Balaban J connectivity index is 1.39. The van der Waals surface area contributed by atoms with Gasteiger partial charge >= 0.3 is 0 Å². The summed E-state index contributed by atoms with van der Waals surface area (Å²) in [6, 6.07) is -0.609. The maximum Gasteiger partial charge on any atom is 0.234 e. The van der Waals surface area contributed by atoms with Gasteiger partial charge in [0, 0.05) is 39.0 Å². The zero-order chi connectivity index (χ0) is 30.0. The molecule has 4 amide bonds. The van der Waals surface area contributed by atoms with Crippen molar-refractivity contribution in [2.75, 3.05) is 53.4 Å². The summed E-state index contributed by atoms with van der Waals surface area (Å²) in [5.41, 5.74) is 10.9. The van der Waals surface area contributed by atoms with E-state index in [-0.39, 0.29) is 45.1 Å². The van der Waals surface area contributed by atoms with Gasteiger partial charge in [-0.15, -0.1) is 0 Å². The van der Waals surface area contributed by atoms with Crippen LogP contribution >= 0.6 is 43.2 Å². The van der Waals surface area contributed by atoms with Crippen LogP contribution in [0, 0.1) is 0 Å². The molecule has 2 aliphatic rings. The molecule has 0 saturated carbocycles. The van der Waals surface area contributed by atoms with Crippen molar-refractivity contribution >= 4 is 66.8 Å². The number of amides is 4. The van der Waals surface area contributed by atoms with Crippen LogP contribution in [0.5, 0.6) is 0 Å². The lowest BCUT2D eigenvalue weighted by molar-refractivity contribution is -0.122. The first kappa shape index (κ1) is 36.3. The number of nitrogens with two attached hydrogens (primary N) is 2. The monoisotopic (exact) mass is 652 g/mol. The van der Waals surface area contributed by atoms with Gasteiger partial charge in [-0.1, -0.05) is 43.2 Å². The van der Waals surface area contributed by atoms with Gasteiger partial charge in [0.15, 0.2) is 0 Å². The van der Waals surface area contributed by atoms with Gasteiger partial charge in [-0.05, 0) is 72.1 Å². The molecular formula is C25H48N8O4S4. The molecule has 0 radical (unpaired) electrons. The number of unbranched alkanes of at least 4 members (excludes halogenated alkanes) is 2. The Kier molecular flexibility index (Phi) is 18.5. The minimum Gasteiger partial charge on any atom is -0.368 e. The first-order valence-corrected chi connectivity index (χ1v) is 18.8. The van der Waals surface area contributed by atoms with Gasteiger partial charge in [0.05, 0.1) is 12.1 Å². The van der Waals surface area contributed by atoms with Crippen LogP contribution in [0.4, 0.5) is 0 Å². The minimum absolute atomic E-state index is 0.0381. The summed E-state index contributed by atoms with van der Waals surface area (Å²) in [5.74, 6) is -0.568. The Morgan fingerprint density at radius 2 is 1.02 bits per heavy atom. The quantitative estimate of drug-likeness (QED) is 0.0442. The van der Waals surface area contributed by atoms with Crippen molar-refractivity contribution in [2.45, 2.75) is 79.3 Å². The maximum absolute atomic E-state index is 12.1. The van der Waals surface area contributed by atoms with Gasteiger partial charge in [0.1, 0.15) is 9.41 Å². The highest BCUT2D eigenvalue weighted by molar-refractivity contribution is 8.93. The molecule has 2 fully saturated rings. The van der Waals surface area contributed by atoms with E-state index in [9.17, 15) is 19.2 Å². The number of primary amides is 2. The maximum atomic E-state index is 12.1. The Hall–Kier alpha value is -0.880. The predicted molar refractivity (Wildman–Crippen MR) is 173 cm³/mol. The average Bonchev–Trinajstić information content (AvgIpc) is 3.85. The van der Waals surface area contributed by atoms with Crippen LogP contribution in [0.15, 0.2) is 0 Å². The number of carbonyl (C=O) groups is 4. The Morgan fingerprint density at radius 3 is 1.37 bits per heavy atom. The van der Waals surface area contributed by atoms with E-state index in [2.05, 4.69) is 31.1 Å². The molecule has 41 heavy (non-hydrogen) atoms. The third kappa shape index (κ3) is 19.1. The standard InChI is InChI=1S/C25H48N8O4S4/c1-32(16-10-20(34)28-12-5-3-8-18(22(26)36)30-24-38-39-24)14-7-15-33(2)17-11-21(35)29-13-6-4-9-19(23(27)37)31-25-40-41-25/h18-19,24-25,30-31H,3-17H2,1-2H3,(H2,26,36)(H2,27,37)(H,28,34)(H,29,35)/t18-,19-/m0/s1. The first-order chi connectivity index (χ1) is 19.6. The van der Waals surface area contributed by atoms with Crippen molar-refractivity contribution in [3.8, 4) is 0 Å². The summed E-state index contributed by atoms with van der Waals surface area (Å²) >= 11 is 0. The van der Waals surface area contributed by atoms with Crippen molar-refractivity contribution in [3.63, 3.8) is 0 Å². The Labute approximate surface area is 260 Å². The fourth-order valence-corrected chi connectivity index (χ4v) is 6.10. The molecule has 2 aliphatic heterocycles. The number of hydrogen-bond acceptors (Lipinski definition) is 12. The summed E-state index contributed by atoms with van der Waals surface area (Å²) in [4.78, 5) is 51.6. The van der Waals surface area contributed by atoms with Crippen LogP contribution in [0.3, 0.4) is 0 Å². The van der Waals surface area contributed by atoms with E-state index in [1.165, 1.54) is 0 Å². The summed E-state index contributed by atoms with van der Waals surface area (Å²) < 4.78 is 0.558. The summed E-state index contributed by atoms with van der Waals surface area (Å²) in [7, 11) is 10.8. The van der Waals surface area contributed by atoms with Crippen molar-refractivity contribution in [1.82, 2.24) is 31.1 Å². The molecule has 2 heterocycles. The third-order valence-electron chi connectivity index (χ3n) is 6.75. The number of nitrogens with one attached hydrogen (secondary N) is 4. The molecule has 0 aromatic rings. The summed E-state index contributed by atoms with van der Waals surface area (Å²) in [6.07, 6.45) is 6.51. The number of nitrogens with zero attached hydrogens (tertiary/aromatic N) is 2. The predicted octanol–water partition coefficient (Wildman–Crippen LogP) is 0.838. The fraction of sp³-hybridized carbons (Fsp3) is 0.840. The van der Waals surface area contributed by atoms with Gasteiger partial charge in [-0.2, -0.15) is 0 Å². The molecule has 2 rings (SSSR count). The normalized spacial score (nSPS) is 16.5. The lowest BCUT2D eigenvalue weighted by Gasteiger charge is -2.20. The van der Waals surface area contributed by atoms with E-state index < -0.39 is 0 Å². The molecule has 236 valence electrons. The molecule has 0 unspecified atom stereocenters. The van der Waals surface area contributed by atoms with E-state index >= 15 is 0 Å². The van der Waals surface area contributed by atoms with Gasteiger partial charge in [-0.3, -0.25) is 29.8 Å². The van der Waals surface area contributed by atoms with Gasteiger partial charge < -0.3 is 31.9 Å². The molecule has 0 bridgehead atoms. The second-order valence-corrected chi connectivity index (χ2v) is 16.0. The fourth-order valence-electron chi connectivity index (χ4n) is 4.11. The van der Waals surface area contributed by atoms with Crippen LogP contribution in [0.1, 0.15) is 57.8 Å². The van der Waals surface area contributed by atoms with Crippen molar-refractivity contribution < 1.29 is 19.2 Å². The van der Waals surface area contributed by atoms with E-state index in [1.807, 2.05) is 14.1 Å². The van der Waals surface area contributed by atoms with E-state index in [0.717, 1.165) is 45.2 Å². The molecule has 16 heteroatoms. The topological polar surface area (TPSA) is 175 Å². The summed E-state index contributed by atoms with van der Waals surface area (Å²) in [6.45, 7) is 4.34. The lowest BCUT2D eigenvalue weighted by Crippen LogP contribution is -2.41. The summed E-state index contributed by atoms with van der Waals surface area (Å²) in [5, 5.41) is 12.3. The first-order valence-electron chi connectivity index (χ1n) is 14.3. The SMILES string of the molecule is CN(CCCN(C)CCC(=O)NCCCC[C@H](NC1SS1)C(N)=O)CCC(=O)NCCCC[C@H](NC1SS1)C(N)=O. The van der Waals surface area contributed by atoms with E-state index in [1.54, 1.807) is 43.2 Å². The molecule has 0 aromatic heterocycles. The van der Waals surface area contributed by atoms with Crippen LogP contribution in [-0.2, 0) is 19.2 Å². The zero-order valence-corrected chi connectivity index (χ0v) is 27.5. The molecular weight excluding hydrogens is 605 g/mol. The molecule has 0 spiro atoms. The van der Waals surface area contributed by atoms with Crippen molar-refractivity contribution in [1.29, 1.82) is 0 Å². The smallest absolute Gasteiger partial charge is 0.234 e. The number of hydrogen-bond donors (Lipinski definition) is 6. The number of carbonyl (C=O) groups excluding carboxylic acids is 4. The zero-order valence-electron chi connectivity index (χ0n) is 24.2. The molecule has 12 nitrogen and oxygen atoms in total. The van der Waals surface area contributed by atoms with Crippen LogP contribution in [0.25, 0.3) is 0 Å². The van der Waals surface area contributed by atoms with Gasteiger partial charge in [-0.25, -0.2) is 0 Å². The highest BCUT2D eigenvalue weighted by atomic mass is 33.2. The van der Waals surface area contributed by atoms with Crippen molar-refractivity contribution in [3.05, 3.63) is 0 Å². The average molecular weight is 653 g/mol. The highest BCUT2D eigenvalue weighted by Crippen LogP contribution is 2.51.